The summed E-state index contributed by atoms with van der Waals surface area (Å²) >= 11 is 0. The summed E-state index contributed by atoms with van der Waals surface area (Å²) in [4.78, 5) is 27.4. The second-order valence-corrected chi connectivity index (χ2v) is 7.48. The van der Waals surface area contributed by atoms with Crippen LogP contribution in [-0.4, -0.2) is 61.4 Å². The second-order valence-electron chi connectivity index (χ2n) is 7.48. The summed E-state index contributed by atoms with van der Waals surface area (Å²) in [6.07, 6.45) is 1.22. The molecule has 2 atom stereocenters. The van der Waals surface area contributed by atoms with Crippen molar-refractivity contribution >= 4 is 17.6 Å². The van der Waals surface area contributed by atoms with Gasteiger partial charge < -0.3 is 15.0 Å². The molecule has 8 heteroatoms. The minimum absolute atomic E-state index is 0.216. The summed E-state index contributed by atoms with van der Waals surface area (Å²) in [7, 11) is 0. The number of ether oxygens (including phenoxy) is 1. The van der Waals surface area contributed by atoms with Gasteiger partial charge in [-0.15, -0.1) is 0 Å². The number of carbonyl (C=O) groups is 2. The molecule has 0 aromatic heterocycles. The molecule has 0 saturated carbocycles. The molecule has 2 N–H and O–H groups in total. The molecule has 2 saturated heterocycles. The number of anilines is 1. The molecule has 2 heterocycles. The molecule has 3 rings (SSSR count). The summed E-state index contributed by atoms with van der Waals surface area (Å²) in [5.41, 5.74) is 0.0686. The van der Waals surface area contributed by atoms with E-state index >= 15 is 0 Å². The zero-order valence-electron chi connectivity index (χ0n) is 15.8. The summed E-state index contributed by atoms with van der Waals surface area (Å²) in [6.45, 7) is 7.40. The minimum atomic E-state index is -0.842. The predicted molar refractivity (Wildman–Crippen MR) is 99.9 cm³/mol. The highest BCUT2D eigenvalue weighted by atomic mass is 19.1. The molecule has 3 amide bonds. The Labute approximate surface area is 158 Å². The Hall–Kier alpha value is -2.19. The lowest BCUT2D eigenvalue weighted by Gasteiger charge is -2.41. The standard InChI is InChI=1S/C19H27FN4O3/c1-14-12-23(8-9-24(14)16-6-3-5-15(20)11-16)13-27-10-4-7-19(2)17(25)21-18(26)22-19/h3,5-6,11,14H,4,7-10,12-13H2,1-2H3,(H2,21,22,25,26)/t14-,19?/m0/s1. The summed E-state index contributed by atoms with van der Waals surface area (Å²) < 4.78 is 19.2. The van der Waals surface area contributed by atoms with Crippen molar-refractivity contribution in [3.63, 3.8) is 0 Å². The number of benzene rings is 1. The van der Waals surface area contributed by atoms with Gasteiger partial charge in [-0.05, 0) is 44.9 Å². The number of carbonyl (C=O) groups excluding carboxylic acids is 2. The largest absolute Gasteiger partial charge is 0.366 e. The van der Waals surface area contributed by atoms with Crippen LogP contribution in [0.25, 0.3) is 0 Å². The van der Waals surface area contributed by atoms with E-state index in [1.165, 1.54) is 6.07 Å². The molecule has 7 nitrogen and oxygen atoms in total. The Balaban J connectivity index is 1.37. The van der Waals surface area contributed by atoms with Crippen molar-refractivity contribution in [1.29, 1.82) is 0 Å². The highest BCUT2D eigenvalue weighted by Gasteiger charge is 2.41. The van der Waals surface area contributed by atoms with Gasteiger partial charge in [-0.2, -0.15) is 0 Å². The monoisotopic (exact) mass is 378 g/mol. The van der Waals surface area contributed by atoms with Crippen LogP contribution in [0.1, 0.15) is 26.7 Å². The lowest BCUT2D eigenvalue weighted by atomic mass is 9.96. The molecule has 2 aliphatic rings. The van der Waals surface area contributed by atoms with E-state index in [1.54, 1.807) is 19.1 Å². The van der Waals surface area contributed by atoms with Crippen LogP contribution in [0.3, 0.4) is 0 Å². The van der Waals surface area contributed by atoms with Crippen molar-refractivity contribution in [1.82, 2.24) is 15.5 Å². The van der Waals surface area contributed by atoms with Gasteiger partial charge in [0, 0.05) is 38.0 Å². The molecule has 0 bridgehead atoms. The molecule has 2 aliphatic heterocycles. The van der Waals surface area contributed by atoms with Crippen molar-refractivity contribution in [2.24, 2.45) is 0 Å². The summed E-state index contributed by atoms with van der Waals surface area (Å²) in [6, 6.07) is 6.53. The fraction of sp³-hybridized carbons (Fsp3) is 0.579. The topological polar surface area (TPSA) is 73.9 Å². The highest BCUT2D eigenvalue weighted by Crippen LogP contribution is 2.21. The van der Waals surface area contributed by atoms with Crippen LogP contribution in [0.4, 0.5) is 14.9 Å². The number of rotatable bonds is 7. The molecular formula is C19H27FN4O3. The molecule has 0 spiro atoms. The zero-order chi connectivity index (χ0) is 19.4. The lowest BCUT2D eigenvalue weighted by molar-refractivity contribution is -0.123. The number of hydrogen-bond acceptors (Lipinski definition) is 5. The van der Waals surface area contributed by atoms with Crippen molar-refractivity contribution in [3.8, 4) is 0 Å². The maximum Gasteiger partial charge on any atom is 0.322 e. The molecule has 1 aromatic rings. The van der Waals surface area contributed by atoms with Crippen molar-refractivity contribution < 1.29 is 18.7 Å². The number of nitrogens with zero attached hydrogens (tertiary/aromatic N) is 2. The van der Waals surface area contributed by atoms with E-state index in [1.807, 2.05) is 6.07 Å². The first kappa shape index (κ1) is 19.6. The molecule has 0 aliphatic carbocycles. The fourth-order valence-electron chi connectivity index (χ4n) is 3.67. The van der Waals surface area contributed by atoms with Gasteiger partial charge in [0.1, 0.15) is 11.4 Å². The summed E-state index contributed by atoms with van der Waals surface area (Å²) in [5.74, 6) is -0.499. The maximum atomic E-state index is 13.4. The average molecular weight is 378 g/mol. The lowest BCUT2D eigenvalue weighted by Crippen LogP contribution is -2.52. The fourth-order valence-corrected chi connectivity index (χ4v) is 3.67. The third-order valence-electron chi connectivity index (χ3n) is 5.21. The van der Waals surface area contributed by atoms with Crippen LogP contribution in [0.15, 0.2) is 24.3 Å². The molecule has 1 aromatic carbocycles. The van der Waals surface area contributed by atoms with Gasteiger partial charge in [-0.3, -0.25) is 15.0 Å². The van der Waals surface area contributed by atoms with E-state index in [0.717, 1.165) is 25.3 Å². The number of piperazine rings is 1. The Morgan fingerprint density at radius 2 is 2.15 bits per heavy atom. The van der Waals surface area contributed by atoms with Crippen LogP contribution >= 0.6 is 0 Å². The van der Waals surface area contributed by atoms with Gasteiger partial charge in [0.25, 0.3) is 5.91 Å². The van der Waals surface area contributed by atoms with E-state index in [-0.39, 0.29) is 17.8 Å². The van der Waals surface area contributed by atoms with Gasteiger partial charge in [0.15, 0.2) is 0 Å². The van der Waals surface area contributed by atoms with Crippen LogP contribution in [-0.2, 0) is 9.53 Å². The van der Waals surface area contributed by atoms with Gasteiger partial charge in [0.2, 0.25) is 0 Å². The van der Waals surface area contributed by atoms with Crippen molar-refractivity contribution in [2.75, 3.05) is 37.9 Å². The van der Waals surface area contributed by atoms with Crippen molar-refractivity contribution in [2.45, 2.75) is 38.3 Å². The van der Waals surface area contributed by atoms with Crippen LogP contribution in [0.2, 0.25) is 0 Å². The smallest absolute Gasteiger partial charge is 0.322 e. The predicted octanol–water partition coefficient (Wildman–Crippen LogP) is 1.69. The number of hydrogen-bond donors (Lipinski definition) is 2. The quantitative estimate of drug-likeness (QED) is 0.558. The van der Waals surface area contributed by atoms with Crippen molar-refractivity contribution in [3.05, 3.63) is 30.1 Å². The Kier molecular flexibility index (Phi) is 5.96. The second kappa shape index (κ2) is 8.22. The molecule has 0 radical (unpaired) electrons. The van der Waals surface area contributed by atoms with Gasteiger partial charge >= 0.3 is 6.03 Å². The van der Waals surface area contributed by atoms with E-state index in [9.17, 15) is 14.0 Å². The normalized spacial score (nSPS) is 26.2. The van der Waals surface area contributed by atoms with Crippen LogP contribution in [0.5, 0.6) is 0 Å². The van der Waals surface area contributed by atoms with Gasteiger partial charge in [0.05, 0.1) is 6.73 Å². The highest BCUT2D eigenvalue weighted by molar-refractivity contribution is 6.06. The average Bonchev–Trinajstić information content (AvgIpc) is 2.86. The first-order valence-corrected chi connectivity index (χ1v) is 9.33. The van der Waals surface area contributed by atoms with Gasteiger partial charge in [-0.1, -0.05) is 6.07 Å². The summed E-state index contributed by atoms with van der Waals surface area (Å²) in [5, 5.41) is 4.91. The number of amides is 3. The van der Waals surface area contributed by atoms with E-state index in [2.05, 4.69) is 27.4 Å². The number of urea groups is 1. The number of nitrogens with one attached hydrogen (secondary N) is 2. The Bertz CT molecular complexity index is 701. The van der Waals surface area contributed by atoms with E-state index in [4.69, 9.17) is 4.74 Å². The third kappa shape index (κ3) is 4.75. The molecule has 2 fully saturated rings. The van der Waals surface area contributed by atoms with Crippen LogP contribution in [0, 0.1) is 5.82 Å². The molecule has 148 valence electrons. The van der Waals surface area contributed by atoms with Crippen LogP contribution < -0.4 is 15.5 Å². The molecule has 1 unspecified atom stereocenters. The molecule has 27 heavy (non-hydrogen) atoms. The SMILES string of the molecule is C[C@H]1CN(COCCCC2(C)NC(=O)NC2=O)CCN1c1cccc(F)c1. The first-order chi connectivity index (χ1) is 12.9. The number of imide groups is 1. The van der Waals surface area contributed by atoms with Gasteiger partial charge in [-0.25, -0.2) is 9.18 Å². The minimum Gasteiger partial charge on any atom is -0.366 e. The maximum absolute atomic E-state index is 13.4. The molecular weight excluding hydrogens is 351 g/mol. The first-order valence-electron chi connectivity index (χ1n) is 9.33. The third-order valence-corrected chi connectivity index (χ3v) is 5.21. The van der Waals surface area contributed by atoms with E-state index < -0.39 is 11.6 Å². The Morgan fingerprint density at radius 1 is 1.33 bits per heavy atom. The van der Waals surface area contributed by atoms with E-state index in [0.29, 0.717) is 26.2 Å². The number of halogens is 1. The Morgan fingerprint density at radius 3 is 2.81 bits per heavy atom. The zero-order valence-corrected chi connectivity index (χ0v) is 15.8.